The molecule has 0 spiro atoms. The van der Waals surface area contributed by atoms with Gasteiger partial charge in [0.2, 0.25) is 0 Å². The SMILES string of the molecule is CCC#CCC(C)CC=C(O)[C@H]1[C@@H]2CCC(C=CCCC(=O)O)=C[C@@H]2C[C@@H]1O. The molecule has 1 unspecified atom stereocenters. The Balaban J connectivity index is 1.94. The lowest BCUT2D eigenvalue weighted by Crippen LogP contribution is -2.24. The molecule has 1 saturated carbocycles. The number of rotatable bonds is 8. The van der Waals surface area contributed by atoms with Crippen LogP contribution >= 0.6 is 0 Å². The van der Waals surface area contributed by atoms with Crippen LogP contribution in [0.25, 0.3) is 0 Å². The molecule has 0 heterocycles. The molecule has 0 bridgehead atoms. The van der Waals surface area contributed by atoms with Crippen LogP contribution < -0.4 is 0 Å². The Hall–Kier alpha value is -1.99. The van der Waals surface area contributed by atoms with Crippen molar-refractivity contribution < 1.29 is 20.1 Å². The Labute approximate surface area is 169 Å². The smallest absolute Gasteiger partial charge is 0.303 e. The fraction of sp³-hybridized carbons (Fsp3) is 0.625. The molecule has 5 atom stereocenters. The maximum absolute atomic E-state index is 10.6. The summed E-state index contributed by atoms with van der Waals surface area (Å²) < 4.78 is 0. The van der Waals surface area contributed by atoms with Crippen LogP contribution in [0.4, 0.5) is 0 Å². The predicted molar refractivity (Wildman–Crippen MR) is 112 cm³/mol. The minimum Gasteiger partial charge on any atom is -0.512 e. The molecule has 28 heavy (non-hydrogen) atoms. The fourth-order valence-corrected chi connectivity index (χ4v) is 4.34. The van der Waals surface area contributed by atoms with Gasteiger partial charge in [0.15, 0.2) is 0 Å². The summed E-state index contributed by atoms with van der Waals surface area (Å²) in [6.07, 6.45) is 13.2. The number of aliphatic hydroxyl groups is 2. The summed E-state index contributed by atoms with van der Waals surface area (Å²) in [6.45, 7) is 4.17. The number of aliphatic hydroxyl groups excluding tert-OH is 2. The molecular formula is C24H34O4. The van der Waals surface area contributed by atoms with E-state index in [1.165, 1.54) is 5.57 Å². The highest BCUT2D eigenvalue weighted by molar-refractivity contribution is 5.66. The Morgan fingerprint density at radius 3 is 2.86 bits per heavy atom. The third kappa shape index (κ3) is 6.56. The first kappa shape index (κ1) is 22.3. The topological polar surface area (TPSA) is 77.8 Å². The van der Waals surface area contributed by atoms with Crippen molar-refractivity contribution >= 4 is 5.97 Å². The molecule has 0 aromatic rings. The van der Waals surface area contributed by atoms with E-state index in [4.69, 9.17) is 5.11 Å². The number of hydrogen-bond donors (Lipinski definition) is 3. The zero-order valence-corrected chi connectivity index (χ0v) is 17.1. The van der Waals surface area contributed by atoms with Crippen molar-refractivity contribution in [1.29, 1.82) is 0 Å². The van der Waals surface area contributed by atoms with Crippen molar-refractivity contribution in [3.8, 4) is 11.8 Å². The number of carbonyl (C=O) groups is 1. The maximum atomic E-state index is 10.6. The van der Waals surface area contributed by atoms with Gasteiger partial charge in [0.25, 0.3) is 0 Å². The molecule has 0 radical (unpaired) electrons. The van der Waals surface area contributed by atoms with E-state index in [2.05, 4.69) is 24.8 Å². The monoisotopic (exact) mass is 386 g/mol. The van der Waals surface area contributed by atoms with Gasteiger partial charge in [0.1, 0.15) is 0 Å². The fourth-order valence-electron chi connectivity index (χ4n) is 4.34. The van der Waals surface area contributed by atoms with Gasteiger partial charge in [-0.2, -0.15) is 0 Å². The van der Waals surface area contributed by atoms with Crippen molar-refractivity contribution in [2.45, 2.75) is 71.3 Å². The van der Waals surface area contributed by atoms with Crippen LogP contribution in [0.2, 0.25) is 0 Å². The van der Waals surface area contributed by atoms with Crippen LogP contribution in [-0.2, 0) is 4.79 Å². The van der Waals surface area contributed by atoms with Crippen molar-refractivity contribution in [3.05, 3.63) is 35.6 Å². The third-order valence-electron chi connectivity index (χ3n) is 5.81. The standard InChI is InChI=1S/C24H34O4/c1-3-4-5-8-17(2)11-14-21(25)24-20-13-12-18(9-6-7-10-23(27)28)15-19(20)16-22(24)26/h6,9,14-15,17,19-20,22,24-26H,3,7-8,10-13,16H2,1-2H3,(H,27,28)/t17?,19-,20-,22+,24-/m1/s1. The average Bonchev–Trinajstić information content (AvgIpc) is 2.98. The Morgan fingerprint density at radius 2 is 2.14 bits per heavy atom. The van der Waals surface area contributed by atoms with Gasteiger partial charge in [0.05, 0.1) is 11.9 Å². The van der Waals surface area contributed by atoms with Crippen LogP contribution in [0, 0.1) is 35.5 Å². The summed E-state index contributed by atoms with van der Waals surface area (Å²) in [5.41, 5.74) is 1.21. The summed E-state index contributed by atoms with van der Waals surface area (Å²) in [6, 6.07) is 0. The molecular weight excluding hydrogens is 352 g/mol. The first-order chi connectivity index (χ1) is 13.4. The van der Waals surface area contributed by atoms with Crippen LogP contribution in [0.1, 0.15) is 65.2 Å². The van der Waals surface area contributed by atoms with Crippen LogP contribution in [-0.4, -0.2) is 27.4 Å². The van der Waals surface area contributed by atoms with Gasteiger partial charge in [0, 0.05) is 25.2 Å². The van der Waals surface area contributed by atoms with E-state index < -0.39 is 12.1 Å². The quantitative estimate of drug-likeness (QED) is 0.405. The molecule has 1 fully saturated rings. The molecule has 0 aromatic heterocycles. The zero-order chi connectivity index (χ0) is 20.5. The highest BCUT2D eigenvalue weighted by Crippen LogP contribution is 2.47. The normalized spacial score (nSPS) is 28.4. The van der Waals surface area contributed by atoms with Crippen molar-refractivity contribution in [3.63, 3.8) is 0 Å². The van der Waals surface area contributed by atoms with Gasteiger partial charge >= 0.3 is 5.97 Å². The summed E-state index contributed by atoms with van der Waals surface area (Å²) >= 11 is 0. The van der Waals surface area contributed by atoms with E-state index in [9.17, 15) is 15.0 Å². The minimum atomic E-state index is -0.780. The van der Waals surface area contributed by atoms with E-state index in [1.807, 2.05) is 25.2 Å². The lowest BCUT2D eigenvalue weighted by Gasteiger charge is -2.28. The Morgan fingerprint density at radius 1 is 1.36 bits per heavy atom. The number of allylic oxidation sites excluding steroid dienone is 5. The summed E-state index contributed by atoms with van der Waals surface area (Å²) in [5, 5.41) is 29.9. The minimum absolute atomic E-state index is 0.151. The van der Waals surface area contributed by atoms with Crippen molar-refractivity contribution in [2.24, 2.45) is 23.7 Å². The van der Waals surface area contributed by atoms with E-state index in [1.54, 1.807) is 0 Å². The molecule has 2 aliphatic rings. The summed E-state index contributed by atoms with van der Waals surface area (Å²) in [4.78, 5) is 10.6. The number of carboxylic acid groups (broad SMARTS) is 1. The molecule has 2 aliphatic carbocycles. The second-order valence-electron chi connectivity index (χ2n) is 8.15. The highest BCUT2D eigenvalue weighted by atomic mass is 16.4. The molecule has 3 N–H and O–H groups in total. The second kappa shape index (κ2) is 11.1. The van der Waals surface area contributed by atoms with Crippen LogP contribution in [0.3, 0.4) is 0 Å². The van der Waals surface area contributed by atoms with Gasteiger partial charge < -0.3 is 15.3 Å². The molecule has 0 aromatic carbocycles. The lowest BCUT2D eigenvalue weighted by atomic mass is 9.78. The molecule has 0 aliphatic heterocycles. The van der Waals surface area contributed by atoms with E-state index >= 15 is 0 Å². The van der Waals surface area contributed by atoms with Crippen molar-refractivity contribution in [2.75, 3.05) is 0 Å². The van der Waals surface area contributed by atoms with Crippen LogP contribution in [0.5, 0.6) is 0 Å². The number of fused-ring (bicyclic) bond motifs is 1. The second-order valence-corrected chi connectivity index (χ2v) is 8.15. The first-order valence-corrected chi connectivity index (χ1v) is 10.5. The van der Waals surface area contributed by atoms with Gasteiger partial charge in [-0.3, -0.25) is 4.79 Å². The molecule has 2 rings (SSSR count). The molecule has 0 saturated heterocycles. The third-order valence-corrected chi connectivity index (χ3v) is 5.81. The van der Waals surface area contributed by atoms with E-state index in [0.29, 0.717) is 24.5 Å². The van der Waals surface area contributed by atoms with Gasteiger partial charge in [-0.05, 0) is 55.9 Å². The average molecular weight is 387 g/mol. The number of aliphatic carboxylic acids is 1. The largest absolute Gasteiger partial charge is 0.512 e. The molecule has 4 heteroatoms. The first-order valence-electron chi connectivity index (χ1n) is 10.5. The number of hydrogen-bond acceptors (Lipinski definition) is 3. The number of carboxylic acids is 1. The van der Waals surface area contributed by atoms with E-state index in [0.717, 1.165) is 32.1 Å². The lowest BCUT2D eigenvalue weighted by molar-refractivity contribution is -0.136. The highest BCUT2D eigenvalue weighted by Gasteiger charge is 2.44. The summed E-state index contributed by atoms with van der Waals surface area (Å²) in [5.74, 6) is 6.56. The zero-order valence-electron chi connectivity index (χ0n) is 17.1. The van der Waals surface area contributed by atoms with Gasteiger partial charge in [-0.15, -0.1) is 11.8 Å². The Bertz CT molecular complexity index is 676. The summed E-state index contributed by atoms with van der Waals surface area (Å²) in [7, 11) is 0. The predicted octanol–water partition coefficient (Wildman–Crippen LogP) is 5.01. The van der Waals surface area contributed by atoms with Crippen LogP contribution in [0.15, 0.2) is 35.6 Å². The molecule has 154 valence electrons. The molecule has 0 amide bonds. The molecule has 4 nitrogen and oxygen atoms in total. The van der Waals surface area contributed by atoms with Crippen molar-refractivity contribution in [1.82, 2.24) is 0 Å². The van der Waals surface area contributed by atoms with Gasteiger partial charge in [-0.25, -0.2) is 0 Å². The van der Waals surface area contributed by atoms with Gasteiger partial charge in [-0.1, -0.05) is 37.6 Å². The Kier molecular flexibility index (Phi) is 8.86. The maximum Gasteiger partial charge on any atom is 0.303 e. The van der Waals surface area contributed by atoms with E-state index in [-0.39, 0.29) is 24.2 Å².